The fourth-order valence-electron chi connectivity index (χ4n) is 5.35. The quantitative estimate of drug-likeness (QED) is 0.226. The summed E-state index contributed by atoms with van der Waals surface area (Å²) in [5.74, 6) is -1.60. The molecular weight excluding hydrogens is 574 g/mol. The number of rotatable bonds is 9. The van der Waals surface area contributed by atoms with Crippen molar-refractivity contribution in [3.05, 3.63) is 155 Å². The van der Waals surface area contributed by atoms with Crippen LogP contribution in [-0.2, 0) is 36.3 Å². The molecule has 6 rings (SSSR count). The van der Waals surface area contributed by atoms with Crippen LogP contribution in [0, 0.1) is 0 Å². The summed E-state index contributed by atoms with van der Waals surface area (Å²) in [6.45, 7) is 0. The molecule has 2 amide bonds. The number of nitrogens with zero attached hydrogens (tertiary/aromatic N) is 2. The van der Waals surface area contributed by atoms with Crippen molar-refractivity contribution in [2.24, 2.45) is 0 Å². The number of fused-ring (bicyclic) bond motifs is 1. The summed E-state index contributed by atoms with van der Waals surface area (Å²) < 4.78 is 19.7. The Hall–Kier alpha value is -5.15. The first-order valence-electron chi connectivity index (χ1n) is 14.2. The number of allylic oxidation sites excluding steroid dienone is 1. The first kappa shape index (κ1) is 28.9. The Morgan fingerprint density at radius 1 is 0.909 bits per heavy atom. The number of carbonyl (C=O) groups excluding carboxylic acids is 3. The number of β-lactam (4-membered cyclic amide) rings is 1. The van der Waals surface area contributed by atoms with E-state index < -0.39 is 40.2 Å². The number of nitrogens with one attached hydrogen (secondary N) is 1. The maximum Gasteiger partial charge on any atom is 0.356 e. The van der Waals surface area contributed by atoms with Crippen LogP contribution in [0.3, 0.4) is 0 Å². The zero-order valence-electron chi connectivity index (χ0n) is 23.6. The van der Waals surface area contributed by atoms with Crippen molar-refractivity contribution in [1.29, 1.82) is 0 Å². The predicted octanol–water partition coefficient (Wildman–Crippen LogP) is 4.34. The molecule has 1 N–H and O–H groups in total. The molecule has 0 spiro atoms. The van der Waals surface area contributed by atoms with E-state index in [0.717, 1.165) is 22.3 Å². The molecule has 44 heavy (non-hydrogen) atoms. The van der Waals surface area contributed by atoms with Crippen molar-refractivity contribution in [2.75, 3.05) is 5.75 Å². The number of esters is 1. The van der Waals surface area contributed by atoms with Crippen molar-refractivity contribution in [3.8, 4) is 0 Å². The molecule has 0 saturated carbocycles. The Bertz CT molecular complexity index is 1710. The number of amides is 2. The molecule has 1 saturated heterocycles. The Kier molecular flexibility index (Phi) is 8.56. The summed E-state index contributed by atoms with van der Waals surface area (Å²) in [5, 5.41) is 1.85. The van der Waals surface area contributed by atoms with Crippen molar-refractivity contribution < 1.29 is 23.3 Å². The summed E-state index contributed by atoms with van der Waals surface area (Å²) in [5.41, 5.74) is 3.50. The van der Waals surface area contributed by atoms with Crippen LogP contribution in [-0.4, -0.2) is 49.0 Å². The standard InChI is InChI=1S/C35H29N3O5S/c39-29(21-24-11-4-1-5-12-24)37-30-33(40)38-31(28(23-44(42)34(30)38)19-18-25-13-10-20-36-22-25)35(41)43-32(26-14-6-2-7-15-26)27-16-8-3-9-17-27/h1-20,22,30,32,34H,21,23H2,(H,37,39)/t30?,34-,44?/m1/s1. The summed E-state index contributed by atoms with van der Waals surface area (Å²) >= 11 is 0. The zero-order valence-corrected chi connectivity index (χ0v) is 24.4. The van der Waals surface area contributed by atoms with E-state index in [1.54, 1.807) is 30.6 Å². The average Bonchev–Trinajstić information content (AvgIpc) is 3.06. The smallest absolute Gasteiger partial charge is 0.356 e. The van der Waals surface area contributed by atoms with E-state index in [4.69, 9.17) is 4.74 Å². The van der Waals surface area contributed by atoms with Gasteiger partial charge in [-0.05, 0) is 33.9 Å². The average molecular weight is 604 g/mol. The van der Waals surface area contributed by atoms with Crippen LogP contribution >= 0.6 is 0 Å². The van der Waals surface area contributed by atoms with E-state index in [-0.39, 0.29) is 23.8 Å². The molecule has 220 valence electrons. The van der Waals surface area contributed by atoms with Gasteiger partial charge in [-0.1, -0.05) is 109 Å². The maximum atomic E-state index is 14.1. The summed E-state index contributed by atoms with van der Waals surface area (Å²) in [4.78, 5) is 45.9. The van der Waals surface area contributed by atoms with Crippen LogP contribution in [0.5, 0.6) is 0 Å². The van der Waals surface area contributed by atoms with Crippen molar-refractivity contribution in [3.63, 3.8) is 0 Å². The fourth-order valence-corrected chi connectivity index (χ4v) is 6.99. The molecule has 3 aromatic carbocycles. The lowest BCUT2D eigenvalue weighted by atomic mass is 10.00. The van der Waals surface area contributed by atoms with Crippen LogP contribution in [0.2, 0.25) is 0 Å². The van der Waals surface area contributed by atoms with Gasteiger partial charge in [-0.2, -0.15) is 0 Å². The number of carbonyl (C=O) groups is 3. The number of hydrogen-bond donors (Lipinski definition) is 1. The van der Waals surface area contributed by atoms with Crippen LogP contribution in [0.1, 0.15) is 28.4 Å². The van der Waals surface area contributed by atoms with Gasteiger partial charge in [-0.3, -0.25) is 23.7 Å². The Balaban J connectivity index is 1.32. The minimum atomic E-state index is -1.59. The second-order valence-corrected chi connectivity index (χ2v) is 12.0. The molecule has 1 fully saturated rings. The highest BCUT2D eigenvalue weighted by atomic mass is 32.2. The highest BCUT2D eigenvalue weighted by Crippen LogP contribution is 2.37. The van der Waals surface area contributed by atoms with Gasteiger partial charge in [0.05, 0.1) is 23.0 Å². The van der Waals surface area contributed by atoms with Crippen molar-refractivity contribution in [1.82, 2.24) is 15.2 Å². The summed E-state index contributed by atoms with van der Waals surface area (Å²) in [7, 11) is -1.59. The van der Waals surface area contributed by atoms with Crippen LogP contribution < -0.4 is 5.32 Å². The lowest BCUT2D eigenvalue weighted by Gasteiger charge is -2.49. The van der Waals surface area contributed by atoms with Crippen LogP contribution in [0.4, 0.5) is 0 Å². The number of aromatic nitrogens is 1. The van der Waals surface area contributed by atoms with E-state index in [1.807, 2.05) is 97.1 Å². The molecule has 3 heterocycles. The molecule has 0 radical (unpaired) electrons. The lowest BCUT2D eigenvalue weighted by molar-refractivity contribution is -0.154. The Morgan fingerprint density at radius 2 is 1.55 bits per heavy atom. The Morgan fingerprint density at radius 3 is 2.16 bits per heavy atom. The molecule has 8 nitrogen and oxygen atoms in total. The monoisotopic (exact) mass is 603 g/mol. The highest BCUT2D eigenvalue weighted by Gasteiger charge is 2.57. The minimum absolute atomic E-state index is 0.00202. The molecule has 4 aromatic rings. The molecule has 2 unspecified atom stereocenters. The van der Waals surface area contributed by atoms with Crippen LogP contribution in [0.15, 0.2) is 133 Å². The van der Waals surface area contributed by atoms with E-state index >= 15 is 0 Å². The summed E-state index contributed by atoms with van der Waals surface area (Å²) in [6, 6.07) is 30.5. The largest absolute Gasteiger partial charge is 0.448 e. The number of ether oxygens (including phenoxy) is 1. The first-order chi connectivity index (χ1) is 21.5. The number of pyridine rings is 1. The van der Waals surface area contributed by atoms with Gasteiger partial charge >= 0.3 is 5.97 Å². The van der Waals surface area contributed by atoms with Gasteiger partial charge in [0.1, 0.15) is 17.1 Å². The van der Waals surface area contributed by atoms with Crippen molar-refractivity contribution >= 4 is 34.7 Å². The number of benzene rings is 3. The van der Waals surface area contributed by atoms with Gasteiger partial charge in [0.2, 0.25) is 5.91 Å². The SMILES string of the molecule is O=C(Cc1ccccc1)NC1C(=O)N2C(C(=O)OC(c3ccccc3)c3ccccc3)=C(C=Cc3cccnc3)CS(=O)[C@H]12. The van der Waals surface area contributed by atoms with E-state index in [0.29, 0.717) is 5.57 Å². The minimum Gasteiger partial charge on any atom is -0.448 e. The second kappa shape index (κ2) is 13.0. The lowest BCUT2D eigenvalue weighted by Crippen LogP contribution is -2.73. The third-order valence-corrected chi connectivity index (χ3v) is 9.08. The highest BCUT2D eigenvalue weighted by molar-refractivity contribution is 7.86. The molecule has 9 heteroatoms. The van der Waals surface area contributed by atoms with Gasteiger partial charge in [-0.25, -0.2) is 4.79 Å². The molecule has 2 aliphatic heterocycles. The second-order valence-electron chi connectivity index (χ2n) is 10.4. The molecular formula is C35H29N3O5S. The molecule has 0 aliphatic carbocycles. The maximum absolute atomic E-state index is 14.1. The van der Waals surface area contributed by atoms with E-state index in [1.165, 1.54) is 4.90 Å². The van der Waals surface area contributed by atoms with Crippen molar-refractivity contribution in [2.45, 2.75) is 23.9 Å². The molecule has 0 bridgehead atoms. The fraction of sp³-hybridized carbons (Fsp3) is 0.143. The van der Waals surface area contributed by atoms with Gasteiger partial charge < -0.3 is 10.1 Å². The van der Waals surface area contributed by atoms with Gasteiger partial charge in [0.25, 0.3) is 5.91 Å². The zero-order chi connectivity index (χ0) is 30.5. The summed E-state index contributed by atoms with van der Waals surface area (Å²) in [6.07, 6.45) is 6.07. The predicted molar refractivity (Wildman–Crippen MR) is 167 cm³/mol. The molecule has 3 atom stereocenters. The normalized spacial score (nSPS) is 19.4. The number of hydrogen-bond acceptors (Lipinski definition) is 6. The van der Waals surface area contributed by atoms with Gasteiger partial charge in [0.15, 0.2) is 6.10 Å². The van der Waals surface area contributed by atoms with Gasteiger partial charge in [0, 0.05) is 12.4 Å². The molecule has 2 aliphatic rings. The van der Waals surface area contributed by atoms with Crippen LogP contribution in [0.25, 0.3) is 6.08 Å². The topological polar surface area (TPSA) is 106 Å². The third kappa shape index (κ3) is 6.14. The molecule has 1 aromatic heterocycles. The first-order valence-corrected chi connectivity index (χ1v) is 15.5. The van der Waals surface area contributed by atoms with Gasteiger partial charge in [-0.15, -0.1) is 0 Å². The Labute approximate surface area is 257 Å². The third-order valence-electron chi connectivity index (χ3n) is 7.46. The van der Waals surface area contributed by atoms with E-state index in [9.17, 15) is 18.6 Å². The van der Waals surface area contributed by atoms with E-state index in [2.05, 4.69) is 10.3 Å².